The highest BCUT2D eigenvalue weighted by atomic mass is 32.2. The summed E-state index contributed by atoms with van der Waals surface area (Å²) in [5.41, 5.74) is 0. The van der Waals surface area contributed by atoms with Crippen LogP contribution in [0.5, 0.6) is 5.75 Å². The summed E-state index contributed by atoms with van der Waals surface area (Å²) in [6.07, 6.45) is 3.30. The van der Waals surface area contributed by atoms with Crippen LogP contribution in [0.15, 0.2) is 29.2 Å². The minimum Gasteiger partial charge on any atom is -0.492 e. The van der Waals surface area contributed by atoms with Crippen molar-refractivity contribution in [2.45, 2.75) is 39.0 Å². The molecule has 0 bridgehead atoms. The van der Waals surface area contributed by atoms with Crippen LogP contribution in [0.1, 0.15) is 34.1 Å². The normalized spacial score (nSPS) is 11.4. The Hall–Kier alpha value is -0.670. The van der Waals surface area contributed by atoms with E-state index in [-0.39, 0.29) is 0 Å². The Bertz CT molecular complexity index is 317. The van der Waals surface area contributed by atoms with Crippen LogP contribution in [0.2, 0.25) is 0 Å². The van der Waals surface area contributed by atoms with Crippen molar-refractivity contribution in [1.82, 2.24) is 5.32 Å². The molecule has 0 saturated heterocycles. The summed E-state index contributed by atoms with van der Waals surface area (Å²) < 4.78 is 5.69. The predicted octanol–water partition coefficient (Wildman–Crippen LogP) is 4.45. The maximum atomic E-state index is 5.69. The number of nitrogens with one attached hydrogen (secondary N) is 1. The minimum absolute atomic E-state index is 0.730. The molecule has 1 atom stereocenters. The number of ether oxygens (including phenoxy) is 1. The van der Waals surface area contributed by atoms with Gasteiger partial charge in [0.2, 0.25) is 0 Å². The van der Waals surface area contributed by atoms with E-state index in [1.165, 1.54) is 11.3 Å². The van der Waals surface area contributed by atoms with E-state index in [1.807, 2.05) is 26.0 Å². The van der Waals surface area contributed by atoms with Gasteiger partial charge in [-0.1, -0.05) is 40.2 Å². The summed E-state index contributed by atoms with van der Waals surface area (Å²) in [7, 11) is 0. The van der Waals surface area contributed by atoms with Crippen LogP contribution in [-0.4, -0.2) is 26.0 Å². The van der Waals surface area contributed by atoms with Crippen molar-refractivity contribution >= 4 is 11.8 Å². The number of hydrogen-bond donors (Lipinski definition) is 1. The van der Waals surface area contributed by atoms with Crippen LogP contribution in [0, 0.1) is 5.92 Å². The average molecular weight is 283 g/mol. The fraction of sp³-hybridized carbons (Fsp3) is 0.625. The van der Waals surface area contributed by atoms with E-state index >= 15 is 0 Å². The van der Waals surface area contributed by atoms with Crippen molar-refractivity contribution in [3.63, 3.8) is 0 Å². The third-order valence-electron chi connectivity index (χ3n) is 2.78. The van der Waals surface area contributed by atoms with Crippen LogP contribution in [0.4, 0.5) is 0 Å². The first-order chi connectivity index (χ1) is 9.26. The molecule has 0 aliphatic carbocycles. The van der Waals surface area contributed by atoms with Crippen LogP contribution in [0.3, 0.4) is 0 Å². The zero-order chi connectivity index (χ0) is 14.5. The van der Waals surface area contributed by atoms with Gasteiger partial charge in [-0.2, -0.15) is 0 Å². The predicted molar refractivity (Wildman–Crippen MR) is 87.4 cm³/mol. The van der Waals surface area contributed by atoms with Gasteiger partial charge in [0, 0.05) is 11.4 Å². The van der Waals surface area contributed by atoms with Crippen molar-refractivity contribution in [1.29, 1.82) is 0 Å². The Balaban J connectivity index is 0.00000154. The topological polar surface area (TPSA) is 21.3 Å². The fourth-order valence-electron chi connectivity index (χ4n) is 1.42. The first-order valence-electron chi connectivity index (χ1n) is 7.23. The average Bonchev–Trinajstić information content (AvgIpc) is 2.49. The second-order valence-electron chi connectivity index (χ2n) is 4.24. The summed E-state index contributed by atoms with van der Waals surface area (Å²) in [6.45, 7) is 11.2. The lowest BCUT2D eigenvalue weighted by molar-refractivity contribution is 0.309. The van der Waals surface area contributed by atoms with Gasteiger partial charge >= 0.3 is 0 Å². The van der Waals surface area contributed by atoms with Crippen LogP contribution < -0.4 is 10.1 Å². The molecule has 2 nitrogen and oxygen atoms in total. The molecule has 0 aliphatic rings. The number of benzene rings is 1. The molecular weight excluding hydrogens is 254 g/mol. The first kappa shape index (κ1) is 18.3. The SMILES string of the molecule is CC.CCC(C)CNCCOc1cccc(SC)c1. The molecule has 0 aliphatic heterocycles. The zero-order valence-corrected chi connectivity index (χ0v) is 13.8. The zero-order valence-electron chi connectivity index (χ0n) is 13.0. The van der Waals surface area contributed by atoms with E-state index in [9.17, 15) is 0 Å². The van der Waals surface area contributed by atoms with E-state index < -0.39 is 0 Å². The van der Waals surface area contributed by atoms with Crippen molar-refractivity contribution in [3.05, 3.63) is 24.3 Å². The molecule has 1 unspecified atom stereocenters. The lowest BCUT2D eigenvalue weighted by atomic mass is 10.1. The highest BCUT2D eigenvalue weighted by molar-refractivity contribution is 7.98. The Morgan fingerprint density at radius 1 is 1.32 bits per heavy atom. The Kier molecular flexibility index (Phi) is 11.9. The van der Waals surface area contributed by atoms with Gasteiger partial charge in [0.1, 0.15) is 12.4 Å². The monoisotopic (exact) mass is 283 g/mol. The van der Waals surface area contributed by atoms with Crippen LogP contribution in [-0.2, 0) is 0 Å². The van der Waals surface area contributed by atoms with Crippen LogP contribution >= 0.6 is 11.8 Å². The number of hydrogen-bond acceptors (Lipinski definition) is 3. The molecular formula is C16H29NOS. The molecule has 110 valence electrons. The Morgan fingerprint density at radius 3 is 2.68 bits per heavy atom. The van der Waals surface area contributed by atoms with Gasteiger partial charge in [-0.3, -0.25) is 0 Å². The van der Waals surface area contributed by atoms with Crippen molar-refractivity contribution in [3.8, 4) is 5.75 Å². The maximum Gasteiger partial charge on any atom is 0.120 e. The minimum atomic E-state index is 0.730. The smallest absolute Gasteiger partial charge is 0.120 e. The van der Waals surface area contributed by atoms with E-state index in [0.717, 1.165) is 31.4 Å². The summed E-state index contributed by atoms with van der Waals surface area (Å²) in [4.78, 5) is 1.25. The van der Waals surface area contributed by atoms with Gasteiger partial charge in [-0.25, -0.2) is 0 Å². The highest BCUT2D eigenvalue weighted by Crippen LogP contribution is 2.20. The van der Waals surface area contributed by atoms with Gasteiger partial charge in [0.15, 0.2) is 0 Å². The lowest BCUT2D eigenvalue weighted by Crippen LogP contribution is -2.25. The summed E-state index contributed by atoms with van der Waals surface area (Å²) in [5, 5.41) is 3.40. The molecule has 0 heterocycles. The lowest BCUT2D eigenvalue weighted by Gasteiger charge is -2.11. The van der Waals surface area contributed by atoms with Gasteiger partial charge in [-0.05, 0) is 36.9 Å². The standard InChI is InChI=1S/C14H23NOS.C2H6/c1-4-12(2)11-15-8-9-16-13-6-5-7-14(10-13)17-3;1-2/h5-7,10,12,15H,4,8-9,11H2,1-3H3;1-2H3. The van der Waals surface area contributed by atoms with Crippen molar-refractivity contribution < 1.29 is 4.74 Å². The fourth-order valence-corrected chi connectivity index (χ4v) is 1.87. The van der Waals surface area contributed by atoms with Gasteiger partial charge in [0.05, 0.1) is 0 Å². The second-order valence-corrected chi connectivity index (χ2v) is 5.12. The van der Waals surface area contributed by atoms with Crippen LogP contribution in [0.25, 0.3) is 0 Å². The summed E-state index contributed by atoms with van der Waals surface area (Å²) in [6, 6.07) is 8.22. The van der Waals surface area contributed by atoms with E-state index in [0.29, 0.717) is 0 Å². The molecule has 3 heteroatoms. The quantitative estimate of drug-likeness (QED) is 0.562. The third kappa shape index (κ3) is 8.95. The van der Waals surface area contributed by atoms with Gasteiger partial charge < -0.3 is 10.1 Å². The molecule has 1 aromatic carbocycles. The molecule has 0 spiro atoms. The second kappa shape index (κ2) is 12.4. The van der Waals surface area contributed by atoms with E-state index in [2.05, 4.69) is 37.6 Å². The largest absolute Gasteiger partial charge is 0.492 e. The van der Waals surface area contributed by atoms with E-state index in [4.69, 9.17) is 4.74 Å². The molecule has 0 radical (unpaired) electrons. The Labute approximate surface area is 123 Å². The van der Waals surface area contributed by atoms with Crippen molar-refractivity contribution in [2.75, 3.05) is 26.0 Å². The molecule has 0 amide bonds. The molecule has 1 rings (SSSR count). The molecule has 0 fully saturated rings. The molecule has 19 heavy (non-hydrogen) atoms. The first-order valence-corrected chi connectivity index (χ1v) is 8.46. The molecule has 0 aromatic heterocycles. The number of thioether (sulfide) groups is 1. The molecule has 0 saturated carbocycles. The summed E-state index contributed by atoms with van der Waals surface area (Å²) >= 11 is 1.74. The third-order valence-corrected chi connectivity index (χ3v) is 3.50. The van der Waals surface area contributed by atoms with Crippen molar-refractivity contribution in [2.24, 2.45) is 5.92 Å². The number of rotatable bonds is 8. The van der Waals surface area contributed by atoms with Gasteiger partial charge in [0.25, 0.3) is 0 Å². The Morgan fingerprint density at radius 2 is 2.05 bits per heavy atom. The van der Waals surface area contributed by atoms with E-state index in [1.54, 1.807) is 11.8 Å². The molecule has 1 aromatic rings. The summed E-state index contributed by atoms with van der Waals surface area (Å²) in [5.74, 6) is 1.71. The maximum absolute atomic E-state index is 5.69. The van der Waals surface area contributed by atoms with Gasteiger partial charge in [-0.15, -0.1) is 11.8 Å². The molecule has 1 N–H and O–H groups in total. The highest BCUT2D eigenvalue weighted by Gasteiger charge is 1.98.